The molecule has 3 aromatic rings. The van der Waals surface area contributed by atoms with Gasteiger partial charge in [0.05, 0.1) is 5.00 Å². The summed E-state index contributed by atoms with van der Waals surface area (Å²) in [6, 6.07) is 18.3. The monoisotopic (exact) mass is 313 g/mol. The van der Waals surface area contributed by atoms with Crippen LogP contribution in [-0.2, 0) is 6.42 Å². The number of nitrogens with two attached hydrogens (primary N) is 1. The van der Waals surface area contributed by atoms with Gasteiger partial charge in [0.15, 0.2) is 0 Å². The van der Waals surface area contributed by atoms with Gasteiger partial charge in [-0.1, -0.05) is 61.0 Å². The molecular formula is C18H16ClNS. The van der Waals surface area contributed by atoms with Crippen molar-refractivity contribution in [2.24, 2.45) is 0 Å². The molecule has 106 valence electrons. The molecule has 2 N–H and O–H groups in total. The van der Waals surface area contributed by atoms with Gasteiger partial charge in [0.25, 0.3) is 0 Å². The zero-order chi connectivity index (χ0) is 14.8. The van der Waals surface area contributed by atoms with Crippen molar-refractivity contribution < 1.29 is 0 Å². The van der Waals surface area contributed by atoms with E-state index in [4.69, 9.17) is 17.3 Å². The second kappa shape index (κ2) is 5.92. The Bertz CT molecular complexity index is 745. The smallest absolute Gasteiger partial charge is 0.0945 e. The zero-order valence-corrected chi connectivity index (χ0v) is 13.3. The van der Waals surface area contributed by atoms with Crippen LogP contribution in [0.3, 0.4) is 0 Å². The van der Waals surface area contributed by atoms with Crippen LogP contribution in [0.1, 0.15) is 12.5 Å². The minimum absolute atomic E-state index is 0.754. The highest BCUT2D eigenvalue weighted by molar-refractivity contribution is 7.20. The Balaban J connectivity index is 2.18. The molecule has 3 rings (SSSR count). The first kappa shape index (κ1) is 14.2. The number of rotatable bonds is 3. The molecule has 0 amide bonds. The highest BCUT2D eigenvalue weighted by atomic mass is 35.5. The van der Waals surface area contributed by atoms with Crippen molar-refractivity contribution in [1.82, 2.24) is 0 Å². The molecule has 0 saturated heterocycles. The van der Waals surface area contributed by atoms with Gasteiger partial charge in [-0.05, 0) is 35.2 Å². The molecule has 1 aromatic heterocycles. The van der Waals surface area contributed by atoms with Gasteiger partial charge in [0.1, 0.15) is 0 Å². The highest BCUT2D eigenvalue weighted by Crippen LogP contribution is 2.44. The number of thiophene rings is 1. The van der Waals surface area contributed by atoms with Crippen molar-refractivity contribution in [3.05, 3.63) is 65.2 Å². The van der Waals surface area contributed by atoms with Crippen LogP contribution < -0.4 is 5.73 Å². The van der Waals surface area contributed by atoms with Gasteiger partial charge in [-0.2, -0.15) is 0 Å². The number of anilines is 1. The molecule has 0 aliphatic rings. The Kier molecular flexibility index (Phi) is 4.00. The van der Waals surface area contributed by atoms with Crippen LogP contribution in [0.25, 0.3) is 21.6 Å². The maximum absolute atomic E-state index is 6.31. The summed E-state index contributed by atoms with van der Waals surface area (Å²) in [6.45, 7) is 2.17. The Morgan fingerprint density at radius 2 is 1.62 bits per heavy atom. The van der Waals surface area contributed by atoms with Crippen LogP contribution >= 0.6 is 22.9 Å². The minimum Gasteiger partial charge on any atom is -0.390 e. The second-order valence-electron chi connectivity index (χ2n) is 4.88. The van der Waals surface area contributed by atoms with Crippen molar-refractivity contribution in [2.45, 2.75) is 13.3 Å². The first-order valence-corrected chi connectivity index (χ1v) is 8.12. The average Bonchev–Trinajstić information content (AvgIpc) is 2.85. The minimum atomic E-state index is 0.754. The topological polar surface area (TPSA) is 26.0 Å². The van der Waals surface area contributed by atoms with E-state index < -0.39 is 0 Å². The van der Waals surface area contributed by atoms with E-state index in [-0.39, 0.29) is 0 Å². The van der Waals surface area contributed by atoms with Gasteiger partial charge < -0.3 is 5.73 Å². The molecule has 2 aromatic carbocycles. The molecule has 0 atom stereocenters. The molecule has 21 heavy (non-hydrogen) atoms. The maximum Gasteiger partial charge on any atom is 0.0945 e. The molecular weight excluding hydrogens is 298 g/mol. The van der Waals surface area contributed by atoms with Crippen molar-refractivity contribution in [3.8, 4) is 21.6 Å². The van der Waals surface area contributed by atoms with Gasteiger partial charge in [0.2, 0.25) is 0 Å². The van der Waals surface area contributed by atoms with Crippen LogP contribution in [0.2, 0.25) is 5.02 Å². The van der Waals surface area contributed by atoms with E-state index in [2.05, 4.69) is 31.2 Å². The summed E-state index contributed by atoms with van der Waals surface area (Å²) in [7, 11) is 0. The third-order valence-corrected chi connectivity index (χ3v) is 4.92. The predicted octanol–water partition coefficient (Wildman–Crippen LogP) is 5.88. The van der Waals surface area contributed by atoms with Gasteiger partial charge in [-0.3, -0.25) is 0 Å². The van der Waals surface area contributed by atoms with Gasteiger partial charge in [-0.15, -0.1) is 11.3 Å². The summed E-state index contributed by atoms with van der Waals surface area (Å²) >= 11 is 7.64. The predicted molar refractivity (Wildman–Crippen MR) is 94.0 cm³/mol. The first-order valence-electron chi connectivity index (χ1n) is 6.93. The quantitative estimate of drug-likeness (QED) is 0.642. The molecule has 0 bridgehead atoms. The molecule has 0 radical (unpaired) electrons. The van der Waals surface area contributed by atoms with E-state index >= 15 is 0 Å². The Morgan fingerprint density at radius 3 is 2.24 bits per heavy atom. The third-order valence-electron chi connectivity index (χ3n) is 3.56. The van der Waals surface area contributed by atoms with Crippen LogP contribution in [-0.4, -0.2) is 0 Å². The lowest BCUT2D eigenvalue weighted by molar-refractivity contribution is 1.16. The second-order valence-corrected chi connectivity index (χ2v) is 6.36. The normalized spacial score (nSPS) is 10.8. The Hall–Kier alpha value is -1.77. The lowest BCUT2D eigenvalue weighted by atomic mass is 9.98. The number of benzene rings is 2. The summed E-state index contributed by atoms with van der Waals surface area (Å²) in [5.41, 5.74) is 11.2. The standard InChI is InChI=1S/C18H16ClNS/c1-2-15-16(12-6-4-3-5-7-12)18(20)21-17(15)13-8-10-14(19)11-9-13/h3-11H,2,20H2,1H3. The van der Waals surface area contributed by atoms with E-state index in [1.807, 2.05) is 30.3 Å². The van der Waals surface area contributed by atoms with E-state index in [1.54, 1.807) is 11.3 Å². The van der Waals surface area contributed by atoms with Crippen LogP contribution in [0, 0.1) is 0 Å². The van der Waals surface area contributed by atoms with Crippen molar-refractivity contribution >= 4 is 27.9 Å². The number of halogens is 1. The van der Waals surface area contributed by atoms with E-state index in [1.165, 1.54) is 27.1 Å². The number of hydrogen-bond acceptors (Lipinski definition) is 2. The van der Waals surface area contributed by atoms with E-state index in [0.717, 1.165) is 16.4 Å². The van der Waals surface area contributed by atoms with Crippen molar-refractivity contribution in [1.29, 1.82) is 0 Å². The van der Waals surface area contributed by atoms with E-state index in [0.29, 0.717) is 0 Å². The molecule has 1 heterocycles. The SMILES string of the molecule is CCc1c(-c2ccc(Cl)cc2)sc(N)c1-c1ccccc1. The molecule has 0 aliphatic carbocycles. The Labute approximate surface area is 134 Å². The molecule has 0 spiro atoms. The molecule has 0 fully saturated rings. The van der Waals surface area contributed by atoms with Crippen molar-refractivity contribution in [2.75, 3.05) is 5.73 Å². The van der Waals surface area contributed by atoms with Gasteiger partial charge in [0, 0.05) is 15.5 Å². The van der Waals surface area contributed by atoms with Gasteiger partial charge in [-0.25, -0.2) is 0 Å². The van der Waals surface area contributed by atoms with E-state index in [9.17, 15) is 0 Å². The third kappa shape index (κ3) is 2.69. The molecule has 0 unspecified atom stereocenters. The summed E-state index contributed by atoms with van der Waals surface area (Å²) in [5, 5.41) is 1.63. The zero-order valence-electron chi connectivity index (χ0n) is 11.8. The summed E-state index contributed by atoms with van der Waals surface area (Å²) in [4.78, 5) is 1.24. The molecule has 1 nitrogen and oxygen atoms in total. The maximum atomic E-state index is 6.31. The molecule has 0 aliphatic heterocycles. The fraction of sp³-hybridized carbons (Fsp3) is 0.111. The van der Waals surface area contributed by atoms with Crippen LogP contribution in [0.4, 0.5) is 5.00 Å². The molecule has 0 saturated carbocycles. The average molecular weight is 314 g/mol. The fourth-order valence-corrected chi connectivity index (χ4v) is 3.89. The number of hydrogen-bond donors (Lipinski definition) is 1. The summed E-state index contributed by atoms with van der Waals surface area (Å²) in [6.07, 6.45) is 0.954. The number of nitrogen functional groups attached to an aromatic ring is 1. The van der Waals surface area contributed by atoms with Gasteiger partial charge >= 0.3 is 0 Å². The lowest BCUT2D eigenvalue weighted by Crippen LogP contribution is -1.89. The lowest BCUT2D eigenvalue weighted by Gasteiger charge is -2.06. The van der Waals surface area contributed by atoms with Crippen LogP contribution in [0.15, 0.2) is 54.6 Å². The highest BCUT2D eigenvalue weighted by Gasteiger charge is 2.17. The largest absolute Gasteiger partial charge is 0.390 e. The summed E-state index contributed by atoms with van der Waals surface area (Å²) < 4.78 is 0. The molecule has 3 heteroatoms. The van der Waals surface area contributed by atoms with Crippen LogP contribution in [0.5, 0.6) is 0 Å². The van der Waals surface area contributed by atoms with Crippen molar-refractivity contribution in [3.63, 3.8) is 0 Å². The fourth-order valence-electron chi connectivity index (χ4n) is 2.58. The summed E-state index contributed by atoms with van der Waals surface area (Å²) in [5.74, 6) is 0. The first-order chi connectivity index (χ1) is 10.2. The Morgan fingerprint density at radius 1 is 0.952 bits per heavy atom.